The standard InChI is InChI=1S/C16H25N3O2/c1-12(2)13(17)11-16(20)18-14-5-3-4-6-15(14)19-7-9-21-10-8-19/h3-6,12-13H,7-11,17H2,1-2H3,(H,18,20). The van der Waals surface area contributed by atoms with Gasteiger partial charge in [0.2, 0.25) is 5.91 Å². The molecule has 21 heavy (non-hydrogen) atoms. The Kier molecular flexibility index (Phi) is 5.59. The first-order valence-electron chi connectivity index (χ1n) is 7.55. The number of hydrogen-bond donors (Lipinski definition) is 2. The van der Waals surface area contributed by atoms with Crippen molar-refractivity contribution in [1.29, 1.82) is 0 Å². The maximum Gasteiger partial charge on any atom is 0.225 e. The van der Waals surface area contributed by atoms with E-state index < -0.39 is 0 Å². The summed E-state index contributed by atoms with van der Waals surface area (Å²) in [6.45, 7) is 7.19. The highest BCUT2D eigenvalue weighted by molar-refractivity contribution is 5.94. The first kappa shape index (κ1) is 15.8. The second-order valence-electron chi connectivity index (χ2n) is 5.78. The molecular formula is C16H25N3O2. The van der Waals surface area contributed by atoms with Crippen LogP contribution in [0.1, 0.15) is 20.3 Å². The molecule has 0 aliphatic carbocycles. The molecule has 0 spiro atoms. The molecule has 1 aromatic rings. The molecular weight excluding hydrogens is 266 g/mol. The van der Waals surface area contributed by atoms with E-state index in [1.165, 1.54) is 0 Å². The second kappa shape index (κ2) is 7.43. The Bertz CT molecular complexity index is 470. The number of rotatable bonds is 5. The number of ether oxygens (including phenoxy) is 1. The zero-order chi connectivity index (χ0) is 15.2. The molecule has 5 nitrogen and oxygen atoms in total. The number of amides is 1. The van der Waals surface area contributed by atoms with Crippen molar-refractivity contribution in [2.45, 2.75) is 26.3 Å². The molecule has 2 rings (SSSR count). The lowest BCUT2D eigenvalue weighted by Crippen LogP contribution is -2.37. The monoisotopic (exact) mass is 291 g/mol. The van der Waals surface area contributed by atoms with Gasteiger partial charge in [-0.1, -0.05) is 26.0 Å². The van der Waals surface area contributed by atoms with Gasteiger partial charge in [-0.25, -0.2) is 0 Å². The Hall–Kier alpha value is -1.59. The molecule has 0 radical (unpaired) electrons. The van der Waals surface area contributed by atoms with Gasteiger partial charge in [0.05, 0.1) is 24.6 Å². The highest BCUT2D eigenvalue weighted by atomic mass is 16.5. The molecule has 1 aliphatic rings. The van der Waals surface area contributed by atoms with Crippen LogP contribution >= 0.6 is 0 Å². The molecule has 1 unspecified atom stereocenters. The maximum absolute atomic E-state index is 12.1. The van der Waals surface area contributed by atoms with Gasteiger partial charge in [-0.2, -0.15) is 0 Å². The number of carbonyl (C=O) groups is 1. The lowest BCUT2D eigenvalue weighted by molar-refractivity contribution is -0.116. The number of nitrogens with zero attached hydrogens (tertiary/aromatic N) is 1. The summed E-state index contributed by atoms with van der Waals surface area (Å²) in [5.41, 5.74) is 7.86. The summed E-state index contributed by atoms with van der Waals surface area (Å²) in [5, 5.41) is 2.99. The highest BCUT2D eigenvalue weighted by Gasteiger charge is 2.17. The average Bonchev–Trinajstić information content (AvgIpc) is 2.48. The minimum absolute atomic E-state index is 0.0306. The van der Waals surface area contributed by atoms with Crippen LogP contribution in [0.15, 0.2) is 24.3 Å². The smallest absolute Gasteiger partial charge is 0.225 e. The van der Waals surface area contributed by atoms with Gasteiger partial charge in [-0.3, -0.25) is 4.79 Å². The summed E-state index contributed by atoms with van der Waals surface area (Å²) in [5.74, 6) is 0.266. The molecule has 3 N–H and O–H groups in total. The van der Waals surface area contributed by atoms with Crippen molar-refractivity contribution in [1.82, 2.24) is 0 Å². The van der Waals surface area contributed by atoms with E-state index in [0.717, 1.165) is 37.7 Å². The number of hydrogen-bond acceptors (Lipinski definition) is 4. The van der Waals surface area contributed by atoms with Gasteiger partial charge in [0.1, 0.15) is 0 Å². The molecule has 0 aromatic heterocycles. The Morgan fingerprint density at radius 3 is 2.67 bits per heavy atom. The summed E-state index contributed by atoms with van der Waals surface area (Å²) in [6.07, 6.45) is 0.342. The molecule has 1 heterocycles. The summed E-state index contributed by atoms with van der Waals surface area (Å²) in [7, 11) is 0. The van der Waals surface area contributed by atoms with Gasteiger partial charge in [0.15, 0.2) is 0 Å². The highest BCUT2D eigenvalue weighted by Crippen LogP contribution is 2.26. The van der Waals surface area contributed by atoms with Crippen LogP contribution in [0.4, 0.5) is 11.4 Å². The van der Waals surface area contributed by atoms with Crippen molar-refractivity contribution in [3.8, 4) is 0 Å². The van der Waals surface area contributed by atoms with E-state index in [1.54, 1.807) is 0 Å². The van der Waals surface area contributed by atoms with Crippen molar-refractivity contribution in [2.24, 2.45) is 11.7 Å². The number of para-hydroxylation sites is 2. The van der Waals surface area contributed by atoms with Gasteiger partial charge in [-0.15, -0.1) is 0 Å². The normalized spacial score (nSPS) is 16.9. The van der Waals surface area contributed by atoms with Crippen molar-refractivity contribution in [3.63, 3.8) is 0 Å². The fourth-order valence-electron chi connectivity index (χ4n) is 2.31. The predicted octanol–water partition coefficient (Wildman–Crippen LogP) is 1.84. The summed E-state index contributed by atoms with van der Waals surface area (Å²) in [4.78, 5) is 14.4. The Labute approximate surface area is 126 Å². The van der Waals surface area contributed by atoms with Crippen molar-refractivity contribution in [3.05, 3.63) is 24.3 Å². The summed E-state index contributed by atoms with van der Waals surface area (Å²) in [6, 6.07) is 7.77. The van der Waals surface area contributed by atoms with Gasteiger partial charge >= 0.3 is 0 Å². The van der Waals surface area contributed by atoms with Gasteiger partial charge in [-0.05, 0) is 18.1 Å². The largest absolute Gasteiger partial charge is 0.378 e. The summed E-state index contributed by atoms with van der Waals surface area (Å²) >= 11 is 0. The molecule has 1 amide bonds. The van der Waals surface area contributed by atoms with E-state index in [-0.39, 0.29) is 11.9 Å². The molecule has 1 atom stereocenters. The zero-order valence-electron chi connectivity index (χ0n) is 12.8. The van der Waals surface area contributed by atoms with Gasteiger partial charge in [0.25, 0.3) is 0 Å². The SMILES string of the molecule is CC(C)C(N)CC(=O)Nc1ccccc1N1CCOCC1. The summed E-state index contributed by atoms with van der Waals surface area (Å²) < 4.78 is 5.38. The molecule has 5 heteroatoms. The number of carbonyl (C=O) groups excluding carboxylic acids is 1. The van der Waals surface area contributed by atoms with Crippen molar-refractivity contribution < 1.29 is 9.53 Å². The van der Waals surface area contributed by atoms with E-state index in [2.05, 4.69) is 10.2 Å². The predicted molar refractivity (Wildman–Crippen MR) is 85.5 cm³/mol. The minimum Gasteiger partial charge on any atom is -0.378 e. The molecule has 1 aromatic carbocycles. The lowest BCUT2D eigenvalue weighted by Gasteiger charge is -2.30. The fraction of sp³-hybridized carbons (Fsp3) is 0.562. The van der Waals surface area contributed by atoms with E-state index in [9.17, 15) is 4.79 Å². The van der Waals surface area contributed by atoms with E-state index in [0.29, 0.717) is 12.3 Å². The van der Waals surface area contributed by atoms with Gasteiger partial charge in [0, 0.05) is 25.6 Å². The third-order valence-electron chi connectivity index (χ3n) is 3.81. The molecule has 0 bridgehead atoms. The minimum atomic E-state index is -0.111. The fourth-order valence-corrected chi connectivity index (χ4v) is 2.31. The van der Waals surface area contributed by atoms with Crippen LogP contribution in [0.5, 0.6) is 0 Å². The van der Waals surface area contributed by atoms with Crippen LogP contribution < -0.4 is 16.0 Å². The van der Waals surface area contributed by atoms with Crippen molar-refractivity contribution >= 4 is 17.3 Å². The van der Waals surface area contributed by atoms with Gasteiger partial charge < -0.3 is 20.7 Å². The van der Waals surface area contributed by atoms with Crippen LogP contribution in [0.2, 0.25) is 0 Å². The molecule has 0 saturated carbocycles. The molecule has 1 fully saturated rings. The van der Waals surface area contributed by atoms with Crippen LogP contribution in [-0.4, -0.2) is 38.3 Å². The first-order valence-corrected chi connectivity index (χ1v) is 7.55. The van der Waals surface area contributed by atoms with Crippen LogP contribution in [0.3, 0.4) is 0 Å². The maximum atomic E-state index is 12.1. The van der Waals surface area contributed by atoms with E-state index in [1.807, 2.05) is 38.1 Å². The number of benzene rings is 1. The number of morpholine rings is 1. The number of anilines is 2. The van der Waals surface area contributed by atoms with Crippen LogP contribution in [0, 0.1) is 5.92 Å². The van der Waals surface area contributed by atoms with E-state index in [4.69, 9.17) is 10.5 Å². The second-order valence-corrected chi connectivity index (χ2v) is 5.78. The lowest BCUT2D eigenvalue weighted by atomic mass is 10.0. The zero-order valence-corrected chi connectivity index (χ0v) is 12.8. The molecule has 1 aliphatic heterocycles. The number of nitrogens with one attached hydrogen (secondary N) is 1. The first-order chi connectivity index (χ1) is 10.1. The van der Waals surface area contributed by atoms with Crippen LogP contribution in [0.25, 0.3) is 0 Å². The molecule has 116 valence electrons. The number of nitrogens with two attached hydrogens (primary N) is 1. The molecule has 1 saturated heterocycles. The topological polar surface area (TPSA) is 67.6 Å². The third-order valence-corrected chi connectivity index (χ3v) is 3.81. The Morgan fingerprint density at radius 1 is 1.33 bits per heavy atom. The third kappa shape index (κ3) is 4.44. The Balaban J connectivity index is 2.04. The van der Waals surface area contributed by atoms with Crippen LogP contribution in [-0.2, 0) is 9.53 Å². The quantitative estimate of drug-likeness (QED) is 0.868. The van der Waals surface area contributed by atoms with E-state index >= 15 is 0 Å². The Morgan fingerprint density at radius 2 is 2.00 bits per heavy atom. The van der Waals surface area contributed by atoms with Crippen molar-refractivity contribution in [2.75, 3.05) is 36.5 Å². The average molecular weight is 291 g/mol.